The minimum atomic E-state index is -0.363. The molecule has 25 heavy (non-hydrogen) atoms. The van der Waals surface area contributed by atoms with Crippen LogP contribution in [0.3, 0.4) is 0 Å². The summed E-state index contributed by atoms with van der Waals surface area (Å²) in [7, 11) is 0. The second-order valence-electron chi connectivity index (χ2n) is 5.40. The first-order valence-electron chi connectivity index (χ1n) is 7.54. The largest absolute Gasteiger partial charge is 0.489 e. The fraction of sp³-hybridized carbons (Fsp3) is 0.111. The number of thioether (sulfide) groups is 1. The van der Waals surface area contributed by atoms with Crippen molar-refractivity contribution < 1.29 is 23.8 Å². The normalized spacial score (nSPS) is 17.0. The lowest BCUT2D eigenvalue weighted by Crippen LogP contribution is -2.17. The lowest BCUT2D eigenvalue weighted by molar-refractivity contribution is -0.115. The topological polar surface area (TPSA) is 73.9 Å². The fourth-order valence-corrected chi connectivity index (χ4v) is 3.11. The van der Waals surface area contributed by atoms with Gasteiger partial charge in [0.1, 0.15) is 12.4 Å². The van der Waals surface area contributed by atoms with Crippen LogP contribution in [-0.4, -0.2) is 17.9 Å². The van der Waals surface area contributed by atoms with Crippen molar-refractivity contribution in [1.82, 2.24) is 5.32 Å². The molecule has 7 heteroatoms. The van der Waals surface area contributed by atoms with Gasteiger partial charge in [-0.15, -0.1) is 0 Å². The lowest BCUT2D eigenvalue weighted by Gasteiger charge is -2.07. The molecule has 0 bridgehead atoms. The second kappa shape index (κ2) is 6.52. The minimum absolute atomic E-state index is 0.249. The van der Waals surface area contributed by atoms with E-state index in [1.165, 1.54) is 0 Å². The van der Waals surface area contributed by atoms with Gasteiger partial charge in [-0.3, -0.25) is 14.9 Å². The van der Waals surface area contributed by atoms with Crippen LogP contribution in [0.5, 0.6) is 17.2 Å². The summed E-state index contributed by atoms with van der Waals surface area (Å²) >= 11 is 0.898. The number of nitrogens with one attached hydrogen (secondary N) is 1. The Morgan fingerprint density at radius 1 is 1.08 bits per heavy atom. The Hall–Kier alpha value is -2.93. The lowest BCUT2D eigenvalue weighted by atomic mass is 10.2. The third-order valence-corrected chi connectivity index (χ3v) is 4.47. The summed E-state index contributed by atoms with van der Waals surface area (Å²) in [6.45, 7) is 0.655. The molecule has 0 saturated carbocycles. The van der Waals surface area contributed by atoms with Crippen molar-refractivity contribution in [3.05, 3.63) is 58.5 Å². The van der Waals surface area contributed by atoms with E-state index in [2.05, 4.69) is 5.32 Å². The number of amides is 2. The van der Waals surface area contributed by atoms with Crippen LogP contribution in [0.2, 0.25) is 0 Å². The Kier molecular flexibility index (Phi) is 4.07. The highest BCUT2D eigenvalue weighted by molar-refractivity contribution is 8.18. The standard InChI is InChI=1S/C18H13NO5S/c20-17-16(25-18(21)19-17)8-11-1-4-13(5-2-11)22-9-12-3-6-14-15(7-12)24-10-23-14/h1-8H,9-10H2,(H,19,20,21)/b16-8+. The van der Waals surface area contributed by atoms with E-state index in [0.29, 0.717) is 17.3 Å². The number of carbonyl (C=O) groups excluding carboxylic acids is 2. The van der Waals surface area contributed by atoms with Gasteiger partial charge in [-0.25, -0.2) is 0 Å². The molecular weight excluding hydrogens is 342 g/mol. The molecule has 2 aliphatic heterocycles. The molecule has 0 aromatic heterocycles. The van der Waals surface area contributed by atoms with Gasteiger partial charge in [-0.1, -0.05) is 18.2 Å². The van der Waals surface area contributed by atoms with Gasteiger partial charge in [0.05, 0.1) is 4.91 Å². The highest BCUT2D eigenvalue weighted by Gasteiger charge is 2.24. The predicted molar refractivity (Wildman–Crippen MR) is 92.4 cm³/mol. The van der Waals surface area contributed by atoms with Gasteiger partial charge in [0.2, 0.25) is 6.79 Å². The monoisotopic (exact) mass is 355 g/mol. The van der Waals surface area contributed by atoms with Gasteiger partial charge in [0.15, 0.2) is 11.5 Å². The van der Waals surface area contributed by atoms with Crippen molar-refractivity contribution >= 4 is 29.0 Å². The quantitative estimate of drug-likeness (QED) is 0.848. The van der Waals surface area contributed by atoms with Crippen LogP contribution in [0.25, 0.3) is 6.08 Å². The predicted octanol–water partition coefficient (Wildman–Crippen LogP) is 3.32. The Morgan fingerprint density at radius 3 is 2.64 bits per heavy atom. The average molecular weight is 355 g/mol. The van der Waals surface area contributed by atoms with Crippen molar-refractivity contribution in [3.8, 4) is 17.2 Å². The maximum absolute atomic E-state index is 11.5. The number of hydrogen-bond donors (Lipinski definition) is 1. The van der Waals surface area contributed by atoms with E-state index >= 15 is 0 Å². The van der Waals surface area contributed by atoms with E-state index in [1.54, 1.807) is 6.08 Å². The molecule has 6 nitrogen and oxygen atoms in total. The molecule has 0 radical (unpaired) electrons. The Balaban J connectivity index is 1.40. The zero-order chi connectivity index (χ0) is 17.2. The number of benzene rings is 2. The summed E-state index contributed by atoms with van der Waals surface area (Å²) < 4.78 is 16.4. The SMILES string of the molecule is O=C1NC(=O)/C(=C\c2ccc(OCc3ccc4c(c3)OCO4)cc2)S1. The molecule has 2 aromatic rings. The molecule has 1 saturated heterocycles. The molecule has 2 amide bonds. The van der Waals surface area contributed by atoms with E-state index < -0.39 is 0 Å². The van der Waals surface area contributed by atoms with Crippen molar-refractivity contribution in [3.63, 3.8) is 0 Å². The van der Waals surface area contributed by atoms with Crippen LogP contribution in [0.1, 0.15) is 11.1 Å². The van der Waals surface area contributed by atoms with Crippen LogP contribution in [0.4, 0.5) is 4.79 Å². The second-order valence-corrected chi connectivity index (χ2v) is 6.41. The molecule has 0 spiro atoms. The van der Waals surface area contributed by atoms with E-state index in [9.17, 15) is 9.59 Å². The van der Waals surface area contributed by atoms with E-state index in [4.69, 9.17) is 14.2 Å². The summed E-state index contributed by atoms with van der Waals surface area (Å²) in [4.78, 5) is 23.1. The maximum Gasteiger partial charge on any atom is 0.290 e. The number of imide groups is 1. The summed E-state index contributed by atoms with van der Waals surface area (Å²) in [6, 6.07) is 13.0. The summed E-state index contributed by atoms with van der Waals surface area (Å²) in [5.41, 5.74) is 1.80. The van der Waals surface area contributed by atoms with E-state index in [-0.39, 0.29) is 17.9 Å². The van der Waals surface area contributed by atoms with Gasteiger partial charge in [0, 0.05) is 0 Å². The number of rotatable bonds is 4. The van der Waals surface area contributed by atoms with Crippen LogP contribution >= 0.6 is 11.8 Å². The van der Waals surface area contributed by atoms with Gasteiger partial charge < -0.3 is 14.2 Å². The Morgan fingerprint density at radius 2 is 1.88 bits per heavy atom. The minimum Gasteiger partial charge on any atom is -0.489 e. The molecule has 4 rings (SSSR count). The average Bonchev–Trinajstić information content (AvgIpc) is 3.20. The molecule has 1 fully saturated rings. The maximum atomic E-state index is 11.5. The zero-order valence-corrected chi connectivity index (χ0v) is 13.8. The zero-order valence-electron chi connectivity index (χ0n) is 13.0. The van der Waals surface area contributed by atoms with Gasteiger partial charge in [-0.05, 0) is 53.2 Å². The van der Waals surface area contributed by atoms with Crippen molar-refractivity contribution in [2.24, 2.45) is 0 Å². The number of carbonyl (C=O) groups is 2. The first kappa shape index (κ1) is 15.6. The van der Waals surface area contributed by atoms with Crippen LogP contribution in [-0.2, 0) is 11.4 Å². The summed E-state index contributed by atoms with van der Waals surface area (Å²) in [6.07, 6.45) is 1.67. The first-order chi connectivity index (χ1) is 12.2. The highest BCUT2D eigenvalue weighted by atomic mass is 32.2. The number of ether oxygens (including phenoxy) is 3. The molecule has 0 aliphatic carbocycles. The van der Waals surface area contributed by atoms with Gasteiger partial charge >= 0.3 is 0 Å². The van der Waals surface area contributed by atoms with Crippen molar-refractivity contribution in [2.75, 3.05) is 6.79 Å². The van der Waals surface area contributed by atoms with Crippen LogP contribution in [0, 0.1) is 0 Å². The summed E-state index contributed by atoms with van der Waals surface area (Å²) in [5, 5.41) is 1.88. The van der Waals surface area contributed by atoms with Crippen LogP contribution in [0.15, 0.2) is 47.4 Å². The number of fused-ring (bicyclic) bond motifs is 1. The van der Waals surface area contributed by atoms with Crippen molar-refractivity contribution in [2.45, 2.75) is 6.61 Å². The molecule has 2 aromatic carbocycles. The molecule has 1 N–H and O–H groups in total. The van der Waals surface area contributed by atoms with Crippen LogP contribution < -0.4 is 19.5 Å². The first-order valence-corrected chi connectivity index (χ1v) is 8.35. The van der Waals surface area contributed by atoms with Gasteiger partial charge in [-0.2, -0.15) is 0 Å². The summed E-state index contributed by atoms with van der Waals surface area (Å²) in [5.74, 6) is 1.82. The molecule has 0 atom stereocenters. The van der Waals surface area contributed by atoms with E-state index in [1.807, 2.05) is 42.5 Å². The molecule has 126 valence electrons. The van der Waals surface area contributed by atoms with Crippen molar-refractivity contribution in [1.29, 1.82) is 0 Å². The molecule has 0 unspecified atom stereocenters. The fourth-order valence-electron chi connectivity index (χ4n) is 2.43. The third-order valence-electron chi connectivity index (χ3n) is 3.66. The molecule has 2 heterocycles. The smallest absolute Gasteiger partial charge is 0.290 e. The number of hydrogen-bond acceptors (Lipinski definition) is 6. The Bertz CT molecular complexity index is 876. The molecular formula is C18H13NO5S. The highest BCUT2D eigenvalue weighted by Crippen LogP contribution is 2.33. The molecule has 2 aliphatic rings. The van der Waals surface area contributed by atoms with E-state index in [0.717, 1.165) is 34.4 Å². The Labute approximate surface area is 147 Å². The van der Waals surface area contributed by atoms with Gasteiger partial charge in [0.25, 0.3) is 11.1 Å². The third kappa shape index (κ3) is 3.46.